The SMILES string of the molecule is c1ccc(-c2cccc3c2-c2ccc(N(c4ccc(-c5cccc6ccccc56)cc4)c4ccc5c(c4)oc4ccccc45)cc2C32c3ccccc3-c3ccccc32)cc1. The minimum absolute atomic E-state index is 0.509. The van der Waals surface area contributed by atoms with Gasteiger partial charge in [0, 0.05) is 33.9 Å². The molecule has 284 valence electrons. The van der Waals surface area contributed by atoms with E-state index in [9.17, 15) is 0 Å². The van der Waals surface area contributed by atoms with Crippen molar-refractivity contribution in [3.8, 4) is 44.5 Å². The van der Waals surface area contributed by atoms with Crippen LogP contribution in [0, 0.1) is 0 Å². The summed E-state index contributed by atoms with van der Waals surface area (Å²) in [6, 6.07) is 82.3. The molecule has 2 aliphatic rings. The van der Waals surface area contributed by atoms with E-state index >= 15 is 0 Å². The van der Waals surface area contributed by atoms with Gasteiger partial charge in [0.1, 0.15) is 11.2 Å². The van der Waals surface area contributed by atoms with Gasteiger partial charge in [-0.1, -0.05) is 176 Å². The van der Waals surface area contributed by atoms with Crippen LogP contribution in [0.2, 0.25) is 0 Å². The van der Waals surface area contributed by atoms with E-state index in [1.54, 1.807) is 0 Å². The molecule has 10 aromatic carbocycles. The first-order valence-electron chi connectivity index (χ1n) is 21.1. The first-order chi connectivity index (χ1) is 30.3. The molecule has 0 radical (unpaired) electrons. The van der Waals surface area contributed by atoms with Gasteiger partial charge in [-0.2, -0.15) is 0 Å². The topological polar surface area (TPSA) is 16.4 Å². The highest BCUT2D eigenvalue weighted by Gasteiger charge is 2.52. The summed E-state index contributed by atoms with van der Waals surface area (Å²) in [6.07, 6.45) is 0. The van der Waals surface area contributed by atoms with E-state index in [0.29, 0.717) is 0 Å². The highest BCUT2D eigenvalue weighted by molar-refractivity contribution is 6.07. The number of fused-ring (bicyclic) bond motifs is 14. The molecule has 13 rings (SSSR count). The lowest BCUT2D eigenvalue weighted by Gasteiger charge is -2.32. The summed E-state index contributed by atoms with van der Waals surface area (Å²) in [5, 5.41) is 4.73. The van der Waals surface area contributed by atoms with Crippen molar-refractivity contribution in [1.82, 2.24) is 0 Å². The van der Waals surface area contributed by atoms with Crippen molar-refractivity contribution in [1.29, 1.82) is 0 Å². The van der Waals surface area contributed by atoms with Crippen molar-refractivity contribution in [2.45, 2.75) is 5.41 Å². The number of furan rings is 1. The molecule has 2 nitrogen and oxygen atoms in total. The first-order valence-corrected chi connectivity index (χ1v) is 21.1. The first kappa shape index (κ1) is 34.0. The van der Waals surface area contributed by atoms with E-state index in [1.807, 2.05) is 6.07 Å². The Bertz CT molecular complexity index is 3490. The summed E-state index contributed by atoms with van der Waals surface area (Å²) in [7, 11) is 0. The molecule has 1 spiro atoms. The smallest absolute Gasteiger partial charge is 0.137 e. The van der Waals surface area contributed by atoms with Crippen molar-refractivity contribution in [3.63, 3.8) is 0 Å². The van der Waals surface area contributed by atoms with E-state index in [2.05, 4.69) is 223 Å². The third-order valence-electron chi connectivity index (χ3n) is 13.3. The van der Waals surface area contributed by atoms with E-state index < -0.39 is 5.41 Å². The molecule has 61 heavy (non-hydrogen) atoms. The molecule has 2 heteroatoms. The minimum Gasteiger partial charge on any atom is -0.456 e. The second-order valence-corrected chi connectivity index (χ2v) is 16.4. The van der Waals surface area contributed by atoms with Crippen LogP contribution in [0.15, 0.2) is 229 Å². The van der Waals surface area contributed by atoms with E-state index in [1.165, 1.54) is 77.5 Å². The fourth-order valence-corrected chi connectivity index (χ4v) is 10.7. The number of nitrogens with zero attached hydrogens (tertiary/aromatic N) is 1. The summed E-state index contributed by atoms with van der Waals surface area (Å²) in [4.78, 5) is 2.40. The molecule has 0 bridgehead atoms. The van der Waals surface area contributed by atoms with Crippen LogP contribution in [0.3, 0.4) is 0 Å². The molecule has 0 amide bonds. The number of anilines is 3. The number of para-hydroxylation sites is 1. The van der Waals surface area contributed by atoms with Gasteiger partial charge >= 0.3 is 0 Å². The van der Waals surface area contributed by atoms with E-state index in [4.69, 9.17) is 4.42 Å². The molecule has 11 aromatic rings. The van der Waals surface area contributed by atoms with Crippen molar-refractivity contribution in [2.24, 2.45) is 0 Å². The van der Waals surface area contributed by atoms with Gasteiger partial charge in [0.25, 0.3) is 0 Å². The van der Waals surface area contributed by atoms with E-state index in [-0.39, 0.29) is 0 Å². The Morgan fingerprint density at radius 2 is 0.869 bits per heavy atom. The van der Waals surface area contributed by atoms with E-state index in [0.717, 1.165) is 39.0 Å². The molecule has 0 saturated carbocycles. The van der Waals surface area contributed by atoms with Crippen molar-refractivity contribution in [3.05, 3.63) is 247 Å². The predicted octanol–water partition coefficient (Wildman–Crippen LogP) is 15.9. The second-order valence-electron chi connectivity index (χ2n) is 16.4. The van der Waals surface area contributed by atoms with Gasteiger partial charge in [-0.25, -0.2) is 0 Å². The van der Waals surface area contributed by atoms with Gasteiger partial charge in [-0.3, -0.25) is 0 Å². The van der Waals surface area contributed by atoms with Crippen molar-refractivity contribution >= 4 is 49.8 Å². The molecule has 0 N–H and O–H groups in total. The van der Waals surface area contributed by atoms with Gasteiger partial charge in [0.2, 0.25) is 0 Å². The number of hydrogen-bond acceptors (Lipinski definition) is 2. The molecule has 2 aliphatic carbocycles. The average molecular weight is 776 g/mol. The lowest BCUT2D eigenvalue weighted by Crippen LogP contribution is -2.26. The van der Waals surface area contributed by atoms with Crippen LogP contribution >= 0.6 is 0 Å². The summed E-state index contributed by atoms with van der Waals surface area (Å²) in [5.41, 5.74) is 19.8. The minimum atomic E-state index is -0.509. The summed E-state index contributed by atoms with van der Waals surface area (Å²) in [5.74, 6) is 0. The van der Waals surface area contributed by atoms with Crippen LogP contribution in [0.5, 0.6) is 0 Å². The van der Waals surface area contributed by atoms with Crippen LogP contribution in [0.25, 0.3) is 77.2 Å². The molecule has 0 aliphatic heterocycles. The lowest BCUT2D eigenvalue weighted by atomic mass is 9.70. The molecule has 0 unspecified atom stereocenters. The van der Waals surface area contributed by atoms with Gasteiger partial charge in [0.15, 0.2) is 0 Å². The normalized spacial score (nSPS) is 13.0. The van der Waals surface area contributed by atoms with Gasteiger partial charge < -0.3 is 9.32 Å². The highest BCUT2D eigenvalue weighted by atomic mass is 16.3. The fourth-order valence-electron chi connectivity index (χ4n) is 10.7. The average Bonchev–Trinajstić information content (AvgIpc) is 3.96. The highest BCUT2D eigenvalue weighted by Crippen LogP contribution is 2.64. The fraction of sp³-hybridized carbons (Fsp3) is 0.0169. The lowest BCUT2D eigenvalue weighted by molar-refractivity contribution is 0.669. The molecule has 0 atom stereocenters. The Morgan fingerprint density at radius 3 is 1.69 bits per heavy atom. The number of hydrogen-bond donors (Lipinski definition) is 0. The Balaban J connectivity index is 1.07. The summed E-state index contributed by atoms with van der Waals surface area (Å²) in [6.45, 7) is 0. The van der Waals surface area contributed by atoms with Crippen LogP contribution in [0.1, 0.15) is 22.3 Å². The zero-order chi connectivity index (χ0) is 40.1. The molecule has 0 saturated heterocycles. The summed E-state index contributed by atoms with van der Waals surface area (Å²) < 4.78 is 6.53. The summed E-state index contributed by atoms with van der Waals surface area (Å²) >= 11 is 0. The monoisotopic (exact) mass is 775 g/mol. The molecular formula is C59H37NO. The second kappa shape index (κ2) is 13.0. The maximum atomic E-state index is 6.53. The Labute approximate surface area is 354 Å². The maximum Gasteiger partial charge on any atom is 0.137 e. The van der Waals surface area contributed by atoms with Crippen LogP contribution in [-0.4, -0.2) is 0 Å². The molecule has 1 heterocycles. The molecule has 1 aromatic heterocycles. The zero-order valence-electron chi connectivity index (χ0n) is 33.2. The van der Waals surface area contributed by atoms with Crippen molar-refractivity contribution < 1.29 is 4.42 Å². The van der Waals surface area contributed by atoms with Crippen LogP contribution < -0.4 is 4.90 Å². The number of benzene rings is 10. The predicted molar refractivity (Wildman–Crippen MR) is 253 cm³/mol. The zero-order valence-corrected chi connectivity index (χ0v) is 33.2. The van der Waals surface area contributed by atoms with Crippen LogP contribution in [-0.2, 0) is 5.41 Å². The Hall–Kier alpha value is -7.94. The maximum absolute atomic E-state index is 6.53. The number of rotatable bonds is 5. The van der Waals surface area contributed by atoms with Gasteiger partial charge in [0.05, 0.1) is 5.41 Å². The largest absolute Gasteiger partial charge is 0.456 e. The van der Waals surface area contributed by atoms with Crippen LogP contribution in [0.4, 0.5) is 17.1 Å². The van der Waals surface area contributed by atoms with Gasteiger partial charge in [-0.15, -0.1) is 0 Å². The van der Waals surface area contributed by atoms with Gasteiger partial charge in [-0.05, 0) is 120 Å². The third-order valence-corrected chi connectivity index (χ3v) is 13.3. The van der Waals surface area contributed by atoms with Crippen molar-refractivity contribution in [2.75, 3.05) is 4.90 Å². The quantitative estimate of drug-likeness (QED) is 0.173. The molecular weight excluding hydrogens is 739 g/mol. The Kier molecular flexibility index (Phi) is 7.26. The third kappa shape index (κ3) is 4.85. The standard InChI is InChI=1S/C59H37NO/c1-2-14-39(15-3-1)46-23-13-26-54-58(46)51-35-33-42(36-55(51)59(54)52-24-9-6-19-47(52)48-20-7-10-25-53(48)59)60(43-32-34-50-49-21-8-11-27-56(49)61-57(50)37-43)41-30-28-40(29-31-41)45-22-12-17-38-16-4-5-18-44(38)45/h1-37H. The Morgan fingerprint density at radius 1 is 0.311 bits per heavy atom. The molecule has 0 fully saturated rings.